The third kappa shape index (κ3) is 2.98. The summed E-state index contributed by atoms with van der Waals surface area (Å²) in [5, 5.41) is 0. The van der Waals surface area contributed by atoms with Crippen molar-refractivity contribution in [3.63, 3.8) is 0 Å². The van der Waals surface area contributed by atoms with Gasteiger partial charge in [0.2, 0.25) is 0 Å². The summed E-state index contributed by atoms with van der Waals surface area (Å²) in [5.41, 5.74) is 8.02. The average Bonchev–Trinajstić information content (AvgIpc) is 2.37. The number of nitrogens with zero attached hydrogens (tertiary/aromatic N) is 1. The van der Waals surface area contributed by atoms with Crippen LogP contribution >= 0.6 is 0 Å². The number of hydrogen-bond donors (Lipinski definition) is 1. The highest BCUT2D eigenvalue weighted by Crippen LogP contribution is 2.36. The van der Waals surface area contributed by atoms with Crippen molar-refractivity contribution in [2.24, 2.45) is 17.1 Å². The van der Waals surface area contributed by atoms with E-state index >= 15 is 0 Å². The molecule has 1 atom stereocenters. The maximum absolute atomic E-state index is 11.5. The Morgan fingerprint density at radius 2 is 2.21 bits per heavy atom. The van der Waals surface area contributed by atoms with Crippen LogP contribution in [0, 0.1) is 11.3 Å². The second-order valence-electron chi connectivity index (χ2n) is 6.24. The molecule has 1 saturated heterocycles. The standard InChI is InChI=1S/C16H24N2O/c1-12(19)13-5-4-6-15(9-13)18-8-7-14(10-17)16(2,3)11-18/h4-6,9,14H,7-8,10-11,17H2,1-3H3. The van der Waals surface area contributed by atoms with E-state index in [0.29, 0.717) is 5.92 Å². The Labute approximate surface area is 115 Å². The Morgan fingerprint density at radius 1 is 1.47 bits per heavy atom. The van der Waals surface area contributed by atoms with Crippen molar-refractivity contribution in [2.45, 2.75) is 27.2 Å². The lowest BCUT2D eigenvalue weighted by atomic mass is 9.74. The predicted octanol–water partition coefficient (Wildman–Crippen LogP) is 2.70. The first kappa shape index (κ1) is 14.1. The molecule has 1 aliphatic rings. The summed E-state index contributed by atoms with van der Waals surface area (Å²) < 4.78 is 0. The lowest BCUT2D eigenvalue weighted by Gasteiger charge is -2.45. The summed E-state index contributed by atoms with van der Waals surface area (Å²) in [6.07, 6.45) is 1.12. The molecule has 1 heterocycles. The first-order valence-corrected chi connectivity index (χ1v) is 7.00. The van der Waals surface area contributed by atoms with Crippen molar-refractivity contribution in [1.82, 2.24) is 0 Å². The van der Waals surface area contributed by atoms with Crippen molar-refractivity contribution in [3.8, 4) is 0 Å². The molecule has 3 nitrogen and oxygen atoms in total. The SMILES string of the molecule is CC(=O)c1cccc(N2CCC(CN)C(C)(C)C2)c1. The lowest BCUT2D eigenvalue weighted by molar-refractivity contribution is 0.101. The minimum absolute atomic E-state index is 0.123. The molecular formula is C16H24N2O. The van der Waals surface area contributed by atoms with Crippen LogP contribution in [-0.2, 0) is 0 Å². The first-order chi connectivity index (χ1) is 8.94. The van der Waals surface area contributed by atoms with Crippen LogP contribution in [0.4, 0.5) is 5.69 Å². The van der Waals surface area contributed by atoms with E-state index in [9.17, 15) is 4.79 Å². The number of ketones is 1. The maximum Gasteiger partial charge on any atom is 0.159 e. The first-order valence-electron chi connectivity index (χ1n) is 7.00. The van der Waals surface area contributed by atoms with Crippen molar-refractivity contribution in [1.29, 1.82) is 0 Å². The van der Waals surface area contributed by atoms with E-state index in [1.165, 1.54) is 0 Å². The van der Waals surface area contributed by atoms with Crippen LogP contribution in [0.15, 0.2) is 24.3 Å². The van der Waals surface area contributed by atoms with Crippen LogP contribution in [0.1, 0.15) is 37.6 Å². The highest BCUT2D eigenvalue weighted by atomic mass is 16.1. The van der Waals surface area contributed by atoms with Gasteiger partial charge < -0.3 is 10.6 Å². The van der Waals surface area contributed by atoms with Gasteiger partial charge in [-0.3, -0.25) is 4.79 Å². The molecular weight excluding hydrogens is 236 g/mol. The quantitative estimate of drug-likeness (QED) is 0.850. The van der Waals surface area contributed by atoms with Crippen LogP contribution in [0.5, 0.6) is 0 Å². The number of benzene rings is 1. The van der Waals surface area contributed by atoms with Crippen molar-refractivity contribution >= 4 is 11.5 Å². The van der Waals surface area contributed by atoms with Gasteiger partial charge in [-0.2, -0.15) is 0 Å². The summed E-state index contributed by atoms with van der Waals surface area (Å²) in [6, 6.07) is 7.93. The van der Waals surface area contributed by atoms with Gasteiger partial charge >= 0.3 is 0 Å². The molecule has 0 amide bonds. The molecule has 0 aliphatic carbocycles. The molecule has 0 saturated carbocycles. The van der Waals surface area contributed by atoms with Crippen LogP contribution in [0.2, 0.25) is 0 Å². The molecule has 0 radical (unpaired) electrons. The van der Waals surface area contributed by atoms with E-state index in [2.05, 4.69) is 24.8 Å². The molecule has 1 fully saturated rings. The average molecular weight is 260 g/mol. The number of carbonyl (C=O) groups is 1. The minimum atomic E-state index is 0.123. The van der Waals surface area contributed by atoms with Gasteiger partial charge in [-0.25, -0.2) is 0 Å². The highest BCUT2D eigenvalue weighted by Gasteiger charge is 2.34. The molecule has 0 aromatic heterocycles. The molecule has 2 rings (SSSR count). The molecule has 1 aromatic rings. The zero-order chi connectivity index (χ0) is 14.0. The molecule has 0 bridgehead atoms. The number of anilines is 1. The molecule has 19 heavy (non-hydrogen) atoms. The normalized spacial score (nSPS) is 22.3. The van der Waals surface area contributed by atoms with Gasteiger partial charge in [0.1, 0.15) is 0 Å². The number of rotatable bonds is 3. The van der Waals surface area contributed by atoms with Crippen molar-refractivity contribution in [3.05, 3.63) is 29.8 Å². The summed E-state index contributed by atoms with van der Waals surface area (Å²) >= 11 is 0. The number of nitrogens with two attached hydrogens (primary N) is 1. The second kappa shape index (κ2) is 5.33. The Hall–Kier alpha value is -1.35. The van der Waals surface area contributed by atoms with Crippen molar-refractivity contribution < 1.29 is 4.79 Å². The third-order valence-electron chi connectivity index (χ3n) is 4.35. The summed E-state index contributed by atoms with van der Waals surface area (Å²) in [5.74, 6) is 0.706. The molecule has 0 spiro atoms. The monoisotopic (exact) mass is 260 g/mol. The van der Waals surface area contributed by atoms with Crippen molar-refractivity contribution in [2.75, 3.05) is 24.5 Å². The van der Waals surface area contributed by atoms with Gasteiger partial charge in [0.25, 0.3) is 0 Å². The smallest absolute Gasteiger partial charge is 0.159 e. The Kier molecular flexibility index (Phi) is 3.95. The fourth-order valence-electron chi connectivity index (χ4n) is 2.98. The van der Waals surface area contributed by atoms with Crippen LogP contribution in [-0.4, -0.2) is 25.4 Å². The predicted molar refractivity (Wildman–Crippen MR) is 79.6 cm³/mol. The van der Waals surface area contributed by atoms with Crippen LogP contribution in [0.25, 0.3) is 0 Å². The molecule has 1 aliphatic heterocycles. The van der Waals surface area contributed by atoms with Gasteiger partial charge in [0, 0.05) is 24.3 Å². The van der Waals surface area contributed by atoms with Gasteiger partial charge in [0.05, 0.1) is 0 Å². The highest BCUT2D eigenvalue weighted by molar-refractivity contribution is 5.94. The lowest BCUT2D eigenvalue weighted by Crippen LogP contribution is -2.48. The third-order valence-corrected chi connectivity index (χ3v) is 4.35. The maximum atomic E-state index is 11.5. The van der Waals surface area contributed by atoms with Gasteiger partial charge in [-0.15, -0.1) is 0 Å². The number of hydrogen-bond acceptors (Lipinski definition) is 3. The van der Waals surface area contributed by atoms with E-state index < -0.39 is 0 Å². The Morgan fingerprint density at radius 3 is 2.79 bits per heavy atom. The van der Waals surface area contributed by atoms with E-state index in [1.54, 1.807) is 6.92 Å². The molecule has 3 heteroatoms. The number of piperidine rings is 1. The van der Waals surface area contributed by atoms with Crippen LogP contribution < -0.4 is 10.6 Å². The zero-order valence-electron chi connectivity index (χ0n) is 12.1. The minimum Gasteiger partial charge on any atom is -0.371 e. The second-order valence-corrected chi connectivity index (χ2v) is 6.24. The van der Waals surface area contributed by atoms with Crippen LogP contribution in [0.3, 0.4) is 0 Å². The largest absolute Gasteiger partial charge is 0.371 e. The summed E-state index contributed by atoms with van der Waals surface area (Å²) in [7, 11) is 0. The van der Waals surface area contributed by atoms with Gasteiger partial charge in [0.15, 0.2) is 5.78 Å². The Bertz CT molecular complexity index is 468. The topological polar surface area (TPSA) is 46.3 Å². The fourth-order valence-corrected chi connectivity index (χ4v) is 2.98. The zero-order valence-corrected chi connectivity index (χ0v) is 12.1. The molecule has 1 unspecified atom stereocenters. The molecule has 2 N–H and O–H groups in total. The molecule has 1 aromatic carbocycles. The summed E-state index contributed by atoms with van der Waals surface area (Å²) in [6.45, 7) is 8.96. The van der Waals surface area contributed by atoms with E-state index in [-0.39, 0.29) is 11.2 Å². The summed E-state index contributed by atoms with van der Waals surface area (Å²) in [4.78, 5) is 13.8. The number of Topliss-reactive ketones (excluding diaryl/α,β-unsaturated/α-hetero) is 1. The van der Waals surface area contributed by atoms with E-state index in [0.717, 1.165) is 37.3 Å². The van der Waals surface area contributed by atoms with Gasteiger partial charge in [-0.1, -0.05) is 26.0 Å². The van der Waals surface area contributed by atoms with E-state index in [1.807, 2.05) is 18.2 Å². The van der Waals surface area contributed by atoms with E-state index in [4.69, 9.17) is 5.73 Å². The Balaban J connectivity index is 2.20. The van der Waals surface area contributed by atoms with Gasteiger partial charge in [-0.05, 0) is 43.4 Å². The number of carbonyl (C=O) groups excluding carboxylic acids is 1. The molecule has 104 valence electrons. The fraction of sp³-hybridized carbons (Fsp3) is 0.562.